The summed E-state index contributed by atoms with van der Waals surface area (Å²) >= 11 is 0. The topological polar surface area (TPSA) is 72.8 Å². The van der Waals surface area contributed by atoms with Crippen LogP contribution >= 0.6 is 0 Å². The second-order valence-electron chi connectivity index (χ2n) is 6.02. The monoisotopic (exact) mass is 349 g/mol. The summed E-state index contributed by atoms with van der Waals surface area (Å²) in [5.41, 5.74) is -0.492. The summed E-state index contributed by atoms with van der Waals surface area (Å²) in [6.45, 7) is 2.16. The van der Waals surface area contributed by atoms with E-state index < -0.39 is 17.6 Å². The largest absolute Gasteiger partial charge is 1.00 e. The van der Waals surface area contributed by atoms with Crippen LogP contribution in [0.3, 0.4) is 0 Å². The molecule has 1 N–H and O–H groups in total. The van der Waals surface area contributed by atoms with Gasteiger partial charge in [0.2, 0.25) is 0 Å². The number of rotatable bonds is 6. The minimum Gasteiger partial charge on any atom is -0.548 e. The van der Waals surface area contributed by atoms with Crippen LogP contribution in [0.25, 0.3) is 0 Å². The molecule has 7 heteroatoms. The number of carboxylic acids is 1. The normalized spacial score (nSPS) is 25.8. The molecule has 1 saturated heterocycles. The van der Waals surface area contributed by atoms with E-state index in [2.05, 4.69) is 0 Å². The molecule has 0 spiro atoms. The minimum absolute atomic E-state index is 0. The van der Waals surface area contributed by atoms with Gasteiger partial charge in [-0.25, -0.2) is 4.39 Å². The molecule has 122 valence electrons. The van der Waals surface area contributed by atoms with Gasteiger partial charge in [0.05, 0.1) is 23.7 Å². The first-order chi connectivity index (χ1) is 10.3. The van der Waals surface area contributed by atoms with Gasteiger partial charge in [-0.1, -0.05) is 12.1 Å². The van der Waals surface area contributed by atoms with E-state index in [1.54, 1.807) is 24.0 Å². The molecule has 1 aliphatic heterocycles. The first-order valence-electron chi connectivity index (χ1n) is 7.27. The number of benzene rings is 1. The van der Waals surface area contributed by atoms with E-state index >= 15 is 0 Å². The van der Waals surface area contributed by atoms with Crippen molar-refractivity contribution in [3.63, 3.8) is 0 Å². The second kappa shape index (κ2) is 9.01. The third-order valence-electron chi connectivity index (χ3n) is 4.31. The minimum atomic E-state index is -1.18. The molecule has 2 rings (SSSR count). The first kappa shape index (κ1) is 21.2. The summed E-state index contributed by atoms with van der Waals surface area (Å²) in [6.07, 6.45) is -0.423. The molecular weight excluding hydrogens is 328 g/mol. The van der Waals surface area contributed by atoms with E-state index in [0.717, 1.165) is 0 Å². The molecule has 0 saturated carbocycles. The molecule has 1 aliphatic rings. The SMILES string of the molecule is COC1CN(CC(O)Cc2cccc(F)c2)C(C)(C(=O)[O-])C1.[K+]. The molecule has 1 heterocycles. The van der Waals surface area contributed by atoms with Crippen LogP contribution in [0.4, 0.5) is 4.39 Å². The smallest absolute Gasteiger partial charge is 0.548 e. The van der Waals surface area contributed by atoms with Crippen molar-refractivity contribution < 1.29 is 75.5 Å². The van der Waals surface area contributed by atoms with Gasteiger partial charge >= 0.3 is 51.4 Å². The van der Waals surface area contributed by atoms with Gasteiger partial charge in [0.1, 0.15) is 5.82 Å². The number of ether oxygens (including phenoxy) is 1. The molecule has 0 bridgehead atoms. The van der Waals surface area contributed by atoms with Crippen molar-refractivity contribution in [3.05, 3.63) is 35.6 Å². The van der Waals surface area contributed by atoms with E-state index in [9.17, 15) is 19.4 Å². The fraction of sp³-hybridized carbons (Fsp3) is 0.562. The molecule has 0 aliphatic carbocycles. The average Bonchev–Trinajstić information content (AvgIpc) is 2.77. The fourth-order valence-electron chi connectivity index (χ4n) is 2.99. The van der Waals surface area contributed by atoms with Crippen LogP contribution in [0.5, 0.6) is 0 Å². The Labute approximate surface area is 178 Å². The molecule has 0 radical (unpaired) electrons. The predicted molar refractivity (Wildman–Crippen MR) is 76.5 cm³/mol. The maximum absolute atomic E-state index is 13.2. The Morgan fingerprint density at radius 3 is 2.87 bits per heavy atom. The van der Waals surface area contributed by atoms with E-state index in [1.807, 2.05) is 0 Å². The number of methoxy groups -OCH3 is 1. The predicted octanol–water partition coefficient (Wildman–Crippen LogP) is -3.04. The zero-order chi connectivity index (χ0) is 16.3. The van der Waals surface area contributed by atoms with Crippen molar-refractivity contribution in [1.82, 2.24) is 4.90 Å². The van der Waals surface area contributed by atoms with E-state index in [1.165, 1.54) is 19.2 Å². The van der Waals surface area contributed by atoms with Crippen molar-refractivity contribution in [2.75, 3.05) is 20.2 Å². The van der Waals surface area contributed by atoms with Crippen LogP contribution in [-0.2, 0) is 16.0 Å². The summed E-state index contributed by atoms with van der Waals surface area (Å²) in [7, 11) is 1.53. The Hall–Kier alpha value is 0.136. The van der Waals surface area contributed by atoms with Gasteiger partial charge in [0.25, 0.3) is 0 Å². The number of aliphatic carboxylic acids is 1. The second-order valence-corrected chi connectivity index (χ2v) is 6.02. The van der Waals surface area contributed by atoms with Crippen LogP contribution < -0.4 is 56.5 Å². The van der Waals surface area contributed by atoms with Crippen LogP contribution in [0.1, 0.15) is 18.9 Å². The Morgan fingerprint density at radius 1 is 1.61 bits per heavy atom. The van der Waals surface area contributed by atoms with Gasteiger partial charge in [0, 0.05) is 20.2 Å². The van der Waals surface area contributed by atoms with E-state index in [0.29, 0.717) is 18.5 Å². The Morgan fingerprint density at radius 2 is 2.30 bits per heavy atom. The Balaban J connectivity index is 0.00000264. The Bertz CT molecular complexity index is 545. The summed E-state index contributed by atoms with van der Waals surface area (Å²) in [4.78, 5) is 13.1. The molecule has 3 unspecified atom stereocenters. The van der Waals surface area contributed by atoms with Crippen molar-refractivity contribution in [2.24, 2.45) is 0 Å². The molecule has 3 atom stereocenters. The molecule has 1 fully saturated rings. The molecule has 1 aromatic carbocycles. The number of carbonyl (C=O) groups is 1. The summed E-state index contributed by atoms with van der Waals surface area (Å²) in [5.74, 6) is -1.53. The van der Waals surface area contributed by atoms with Crippen molar-refractivity contribution >= 4 is 5.97 Å². The van der Waals surface area contributed by atoms with Crippen molar-refractivity contribution in [3.8, 4) is 0 Å². The number of aliphatic hydroxyl groups excluding tert-OH is 1. The summed E-state index contributed by atoms with van der Waals surface area (Å²) in [5, 5.41) is 21.6. The third kappa shape index (κ3) is 5.30. The van der Waals surface area contributed by atoms with Crippen LogP contribution in [0, 0.1) is 5.82 Å². The summed E-state index contributed by atoms with van der Waals surface area (Å²) < 4.78 is 18.4. The number of hydrogen-bond acceptors (Lipinski definition) is 5. The zero-order valence-electron chi connectivity index (χ0n) is 13.8. The number of nitrogens with zero attached hydrogens (tertiary/aromatic N) is 1. The van der Waals surface area contributed by atoms with Crippen LogP contribution in [0.2, 0.25) is 0 Å². The van der Waals surface area contributed by atoms with Crippen molar-refractivity contribution in [1.29, 1.82) is 0 Å². The third-order valence-corrected chi connectivity index (χ3v) is 4.31. The molecule has 0 amide bonds. The number of carboxylic acid groups (broad SMARTS) is 1. The van der Waals surface area contributed by atoms with Gasteiger partial charge in [-0.05, 0) is 37.5 Å². The number of carbonyl (C=O) groups excluding carboxylic acids is 1. The molecular formula is C16H21FKNO4. The maximum atomic E-state index is 13.2. The van der Waals surface area contributed by atoms with E-state index in [-0.39, 0.29) is 76.3 Å². The van der Waals surface area contributed by atoms with Gasteiger partial charge in [-0.3, -0.25) is 4.90 Å². The average molecular weight is 349 g/mol. The number of β-amino-alcohol motifs (C(OH)–C–C–N with tert-alkyl or cyclic N) is 1. The zero-order valence-corrected chi connectivity index (χ0v) is 16.9. The fourth-order valence-corrected chi connectivity index (χ4v) is 2.99. The molecule has 5 nitrogen and oxygen atoms in total. The Kier molecular flexibility index (Phi) is 8.29. The van der Waals surface area contributed by atoms with Crippen LogP contribution in [0.15, 0.2) is 24.3 Å². The number of aliphatic hydroxyl groups is 1. The van der Waals surface area contributed by atoms with Gasteiger partial charge in [-0.15, -0.1) is 0 Å². The standard InChI is InChI=1S/C16H22FNO4.K/c1-16(15(20)21)8-14(22-2)10-18(16)9-13(19)7-11-4-3-5-12(17)6-11;/h3-6,13-14,19H,7-10H2,1-2H3,(H,20,21);/q;+1/p-1. The number of halogens is 1. The number of likely N-dealkylation sites (tertiary alicyclic amines) is 1. The quantitative estimate of drug-likeness (QED) is 0.553. The van der Waals surface area contributed by atoms with Crippen molar-refractivity contribution in [2.45, 2.75) is 37.5 Å². The molecule has 0 aromatic heterocycles. The van der Waals surface area contributed by atoms with Gasteiger partial charge < -0.3 is 19.7 Å². The first-order valence-corrected chi connectivity index (χ1v) is 7.27. The maximum Gasteiger partial charge on any atom is 1.00 e. The van der Waals surface area contributed by atoms with Crippen LogP contribution in [-0.4, -0.2) is 53.9 Å². The summed E-state index contributed by atoms with van der Waals surface area (Å²) in [6, 6.07) is 6.02. The van der Waals surface area contributed by atoms with Gasteiger partial charge in [0.15, 0.2) is 0 Å². The molecule has 23 heavy (non-hydrogen) atoms. The molecule has 1 aromatic rings. The van der Waals surface area contributed by atoms with E-state index in [4.69, 9.17) is 4.74 Å². The van der Waals surface area contributed by atoms with Gasteiger partial charge in [-0.2, -0.15) is 0 Å². The number of hydrogen-bond donors (Lipinski definition) is 1.